The van der Waals surface area contributed by atoms with Gasteiger partial charge in [-0.05, 0) is 80.8 Å². The van der Waals surface area contributed by atoms with Crippen LogP contribution in [0.3, 0.4) is 0 Å². The normalized spacial score (nSPS) is 34.2. The van der Waals surface area contributed by atoms with Crippen LogP contribution in [0.4, 0.5) is 0 Å². The maximum atomic E-state index is 13.0. The summed E-state index contributed by atoms with van der Waals surface area (Å²) in [6, 6.07) is 3.73. The van der Waals surface area contributed by atoms with Gasteiger partial charge in [0.05, 0.1) is 7.11 Å². The van der Waals surface area contributed by atoms with Gasteiger partial charge in [-0.2, -0.15) is 0 Å². The van der Waals surface area contributed by atoms with Crippen LogP contribution in [-0.4, -0.2) is 32.3 Å². The van der Waals surface area contributed by atoms with Crippen molar-refractivity contribution < 1.29 is 19.0 Å². The Kier molecular flexibility index (Phi) is 4.03. The van der Waals surface area contributed by atoms with E-state index in [1.54, 1.807) is 19.2 Å². The van der Waals surface area contributed by atoms with Crippen molar-refractivity contribution in [2.45, 2.75) is 51.5 Å². The maximum absolute atomic E-state index is 13.0. The molecule has 1 heterocycles. The zero-order valence-corrected chi connectivity index (χ0v) is 16.3. The highest BCUT2D eigenvalue weighted by atomic mass is 16.6. The highest BCUT2D eigenvalue weighted by molar-refractivity contribution is 5.95. The molecule has 0 aromatic heterocycles. The van der Waals surface area contributed by atoms with E-state index in [4.69, 9.17) is 14.2 Å². The number of hydrogen-bond donors (Lipinski definition) is 1. The number of fused-ring (bicyclic) bond motifs is 1. The van der Waals surface area contributed by atoms with Crippen LogP contribution in [0.15, 0.2) is 12.1 Å². The number of nitrogens with one attached hydrogen (secondary N) is 1. The van der Waals surface area contributed by atoms with E-state index in [0.29, 0.717) is 41.4 Å². The zero-order valence-electron chi connectivity index (χ0n) is 16.3. The summed E-state index contributed by atoms with van der Waals surface area (Å²) in [5.74, 6) is 4.33. The van der Waals surface area contributed by atoms with Crippen molar-refractivity contribution in [2.75, 3.05) is 20.3 Å². The smallest absolute Gasteiger partial charge is 0.251 e. The van der Waals surface area contributed by atoms with Gasteiger partial charge in [0.15, 0.2) is 11.5 Å². The average molecular weight is 371 g/mol. The van der Waals surface area contributed by atoms with Crippen LogP contribution in [0.25, 0.3) is 0 Å². The maximum Gasteiger partial charge on any atom is 0.251 e. The van der Waals surface area contributed by atoms with Gasteiger partial charge in [0, 0.05) is 11.6 Å². The fourth-order valence-corrected chi connectivity index (χ4v) is 6.55. The molecule has 5 nitrogen and oxygen atoms in total. The van der Waals surface area contributed by atoms with E-state index in [2.05, 4.69) is 12.2 Å². The molecule has 1 atom stereocenters. The van der Waals surface area contributed by atoms with Gasteiger partial charge in [-0.1, -0.05) is 0 Å². The molecule has 0 unspecified atom stereocenters. The molecule has 4 aliphatic carbocycles. The lowest BCUT2D eigenvalue weighted by molar-refractivity contribution is -0.0688. The second kappa shape index (κ2) is 6.32. The third kappa shape index (κ3) is 2.86. The van der Waals surface area contributed by atoms with Gasteiger partial charge in [-0.25, -0.2) is 0 Å². The minimum atomic E-state index is -0.0477. The van der Waals surface area contributed by atoms with Crippen molar-refractivity contribution in [1.29, 1.82) is 0 Å². The Balaban J connectivity index is 1.36. The van der Waals surface area contributed by atoms with Gasteiger partial charge in [0.25, 0.3) is 5.91 Å². The lowest BCUT2D eigenvalue weighted by Crippen LogP contribution is -2.55. The third-order valence-corrected chi connectivity index (χ3v) is 7.44. The molecule has 0 saturated heterocycles. The summed E-state index contributed by atoms with van der Waals surface area (Å²) in [5.41, 5.74) is 0.871. The summed E-state index contributed by atoms with van der Waals surface area (Å²) < 4.78 is 16.7. The first-order valence-corrected chi connectivity index (χ1v) is 10.3. The van der Waals surface area contributed by atoms with E-state index in [0.717, 1.165) is 17.8 Å². The SMILES string of the molecule is COc1cc(C(=O)N[C@H](C)C23CC4CC(CC(C4)C2)C3)cc2c1OCCO2. The van der Waals surface area contributed by atoms with Crippen molar-refractivity contribution in [3.05, 3.63) is 17.7 Å². The molecular weight excluding hydrogens is 342 g/mol. The predicted molar refractivity (Wildman–Crippen MR) is 102 cm³/mol. The van der Waals surface area contributed by atoms with Gasteiger partial charge in [0.2, 0.25) is 5.75 Å². The molecule has 6 rings (SSSR count). The van der Waals surface area contributed by atoms with Crippen LogP contribution < -0.4 is 19.5 Å². The molecule has 27 heavy (non-hydrogen) atoms. The Morgan fingerprint density at radius 3 is 2.37 bits per heavy atom. The van der Waals surface area contributed by atoms with E-state index in [-0.39, 0.29) is 11.9 Å². The summed E-state index contributed by atoms with van der Waals surface area (Å²) in [6.07, 6.45) is 8.10. The highest BCUT2D eigenvalue weighted by Crippen LogP contribution is 2.61. The van der Waals surface area contributed by atoms with Crippen LogP contribution in [-0.2, 0) is 0 Å². The lowest BCUT2D eigenvalue weighted by Gasteiger charge is -2.59. The quantitative estimate of drug-likeness (QED) is 0.875. The largest absolute Gasteiger partial charge is 0.493 e. The Hall–Kier alpha value is -1.91. The molecule has 4 bridgehead atoms. The van der Waals surface area contributed by atoms with E-state index in [1.165, 1.54) is 38.5 Å². The number of rotatable bonds is 4. The van der Waals surface area contributed by atoms with Crippen LogP contribution in [0.2, 0.25) is 0 Å². The summed E-state index contributed by atoms with van der Waals surface area (Å²) in [5, 5.41) is 3.32. The fourth-order valence-electron chi connectivity index (χ4n) is 6.55. The molecule has 0 radical (unpaired) electrons. The molecule has 4 saturated carbocycles. The number of carbonyl (C=O) groups is 1. The monoisotopic (exact) mass is 371 g/mol. The first-order chi connectivity index (χ1) is 13.1. The number of ether oxygens (including phenoxy) is 3. The second-order valence-electron chi connectivity index (χ2n) is 9.18. The Morgan fingerprint density at radius 1 is 1.11 bits per heavy atom. The fraction of sp³-hybridized carbons (Fsp3) is 0.682. The molecule has 5 heteroatoms. The standard InChI is InChI=1S/C22H29NO4/c1-13(22-10-14-5-15(11-22)7-16(6-14)12-22)23-21(24)17-8-18(25-2)20-19(9-17)26-3-4-27-20/h8-9,13-16H,3-7,10-12H2,1-2H3,(H,23,24)/t13-,14?,15?,16?,22?/m1/s1. The minimum absolute atomic E-state index is 0.0477. The Bertz CT molecular complexity index is 706. The minimum Gasteiger partial charge on any atom is -0.493 e. The Labute approximate surface area is 160 Å². The van der Waals surface area contributed by atoms with E-state index in [9.17, 15) is 4.79 Å². The van der Waals surface area contributed by atoms with Crippen molar-refractivity contribution in [1.82, 2.24) is 5.32 Å². The highest BCUT2D eigenvalue weighted by Gasteiger charge is 2.53. The molecule has 0 spiro atoms. The van der Waals surface area contributed by atoms with Gasteiger partial charge in [-0.3, -0.25) is 4.79 Å². The topological polar surface area (TPSA) is 56.8 Å². The van der Waals surface area contributed by atoms with E-state index >= 15 is 0 Å². The predicted octanol–water partition coefficient (Wildman–Crippen LogP) is 3.80. The van der Waals surface area contributed by atoms with E-state index < -0.39 is 0 Å². The molecule has 1 amide bonds. The third-order valence-electron chi connectivity index (χ3n) is 7.44. The summed E-state index contributed by atoms with van der Waals surface area (Å²) in [7, 11) is 1.59. The van der Waals surface area contributed by atoms with Crippen LogP contribution in [0.5, 0.6) is 17.2 Å². The number of amides is 1. The first kappa shape index (κ1) is 17.2. The van der Waals surface area contributed by atoms with Crippen molar-refractivity contribution in [2.24, 2.45) is 23.2 Å². The van der Waals surface area contributed by atoms with Gasteiger partial charge >= 0.3 is 0 Å². The van der Waals surface area contributed by atoms with Gasteiger partial charge < -0.3 is 19.5 Å². The molecular formula is C22H29NO4. The number of benzene rings is 1. The zero-order chi connectivity index (χ0) is 18.6. The molecule has 4 fully saturated rings. The van der Waals surface area contributed by atoms with Gasteiger partial charge in [0.1, 0.15) is 13.2 Å². The second-order valence-corrected chi connectivity index (χ2v) is 9.18. The van der Waals surface area contributed by atoms with Crippen LogP contribution in [0, 0.1) is 23.2 Å². The summed E-state index contributed by atoms with van der Waals surface area (Å²) in [4.78, 5) is 13.0. The van der Waals surface area contributed by atoms with Crippen LogP contribution in [0.1, 0.15) is 55.8 Å². The number of methoxy groups -OCH3 is 1. The summed E-state index contributed by atoms with van der Waals surface area (Å²) >= 11 is 0. The first-order valence-electron chi connectivity index (χ1n) is 10.3. The molecule has 146 valence electrons. The lowest BCUT2D eigenvalue weighted by atomic mass is 9.48. The van der Waals surface area contributed by atoms with Crippen molar-refractivity contribution in [3.8, 4) is 17.2 Å². The van der Waals surface area contributed by atoms with Crippen molar-refractivity contribution >= 4 is 5.91 Å². The molecule has 1 aliphatic heterocycles. The van der Waals surface area contributed by atoms with Crippen molar-refractivity contribution in [3.63, 3.8) is 0 Å². The molecule has 1 aromatic rings. The van der Waals surface area contributed by atoms with Crippen LogP contribution >= 0.6 is 0 Å². The summed E-state index contributed by atoms with van der Waals surface area (Å²) in [6.45, 7) is 3.20. The average Bonchev–Trinajstić information content (AvgIpc) is 2.66. The number of hydrogen-bond acceptors (Lipinski definition) is 4. The van der Waals surface area contributed by atoms with Gasteiger partial charge in [-0.15, -0.1) is 0 Å². The molecule has 5 aliphatic rings. The molecule has 1 N–H and O–H groups in total. The van der Waals surface area contributed by atoms with E-state index in [1.807, 2.05) is 0 Å². The number of carbonyl (C=O) groups excluding carboxylic acids is 1. The Morgan fingerprint density at radius 2 is 1.74 bits per heavy atom. The molecule has 1 aromatic carbocycles.